The van der Waals surface area contributed by atoms with Crippen molar-refractivity contribution in [3.8, 4) is 0 Å². The predicted octanol–water partition coefficient (Wildman–Crippen LogP) is 1.74. The van der Waals surface area contributed by atoms with E-state index in [1.165, 1.54) is 0 Å². The monoisotopic (exact) mass is 372 g/mol. The molecule has 1 aromatic rings. The second kappa shape index (κ2) is 6.64. The van der Waals surface area contributed by atoms with Crippen LogP contribution in [0.2, 0.25) is 4.34 Å². The number of imide groups is 1. The Morgan fingerprint density at radius 1 is 1.50 bits per heavy atom. The number of aromatic nitrogens is 2. The molecule has 1 aromatic heterocycles. The van der Waals surface area contributed by atoms with E-state index in [1.54, 1.807) is 0 Å². The number of urea groups is 1. The van der Waals surface area contributed by atoms with E-state index in [9.17, 15) is 14.4 Å². The van der Waals surface area contributed by atoms with Crippen LogP contribution in [-0.4, -0.2) is 44.5 Å². The summed E-state index contributed by atoms with van der Waals surface area (Å²) in [7, 11) is 0. The molecule has 1 aliphatic heterocycles. The highest BCUT2D eigenvalue weighted by molar-refractivity contribution is 7.10. The van der Waals surface area contributed by atoms with E-state index in [-0.39, 0.29) is 18.4 Å². The first-order chi connectivity index (χ1) is 11.4. The van der Waals surface area contributed by atoms with Crippen LogP contribution in [-0.2, 0) is 20.9 Å². The Kier molecular flexibility index (Phi) is 4.73. The van der Waals surface area contributed by atoms with E-state index in [2.05, 4.69) is 14.9 Å². The van der Waals surface area contributed by atoms with Crippen LogP contribution in [0, 0.1) is 5.92 Å². The van der Waals surface area contributed by atoms with Gasteiger partial charge in [-0.25, -0.2) is 4.79 Å². The van der Waals surface area contributed by atoms with Crippen LogP contribution in [0.4, 0.5) is 4.79 Å². The van der Waals surface area contributed by atoms with Crippen molar-refractivity contribution >= 4 is 41.0 Å². The molecule has 1 spiro atoms. The van der Waals surface area contributed by atoms with Crippen molar-refractivity contribution < 1.29 is 19.1 Å². The standard InChI is InChI=1S/C14H17ClN4O4S/c1-8-4-2-3-5-14(8)12(21)19(13(22)16-14)6-10(20)23-7-9-11(15)24-18-17-9/h8H,2-7H2,1H3,(H,16,22). The molecule has 3 rings (SSSR count). The zero-order valence-electron chi connectivity index (χ0n) is 13.1. The quantitative estimate of drug-likeness (QED) is 0.638. The topological polar surface area (TPSA) is 101 Å². The number of hydrogen-bond acceptors (Lipinski definition) is 7. The lowest BCUT2D eigenvalue weighted by Crippen LogP contribution is -2.54. The van der Waals surface area contributed by atoms with Crippen molar-refractivity contribution in [3.63, 3.8) is 0 Å². The summed E-state index contributed by atoms with van der Waals surface area (Å²) in [6.45, 7) is 1.39. The Morgan fingerprint density at radius 2 is 2.29 bits per heavy atom. The fourth-order valence-corrected chi connectivity index (χ4v) is 3.85. The number of carbonyl (C=O) groups is 3. The van der Waals surface area contributed by atoms with Gasteiger partial charge in [-0.2, -0.15) is 0 Å². The van der Waals surface area contributed by atoms with E-state index in [0.29, 0.717) is 16.5 Å². The molecular formula is C14H17ClN4O4S. The van der Waals surface area contributed by atoms with E-state index in [0.717, 1.165) is 35.7 Å². The van der Waals surface area contributed by atoms with Crippen molar-refractivity contribution in [3.05, 3.63) is 10.0 Å². The zero-order chi connectivity index (χ0) is 17.3. The first-order valence-corrected chi connectivity index (χ1v) is 8.85. The van der Waals surface area contributed by atoms with Gasteiger partial charge in [0.05, 0.1) is 0 Å². The minimum absolute atomic E-state index is 0.0450. The van der Waals surface area contributed by atoms with Crippen molar-refractivity contribution in [2.75, 3.05) is 6.54 Å². The van der Waals surface area contributed by atoms with Gasteiger partial charge in [-0.1, -0.05) is 35.9 Å². The predicted molar refractivity (Wildman–Crippen MR) is 85.3 cm³/mol. The number of carbonyl (C=O) groups excluding carboxylic acids is 3. The van der Waals surface area contributed by atoms with Gasteiger partial charge in [0.15, 0.2) is 0 Å². The lowest BCUT2D eigenvalue weighted by molar-refractivity contribution is -0.149. The van der Waals surface area contributed by atoms with Crippen molar-refractivity contribution in [2.45, 2.75) is 44.8 Å². The smallest absolute Gasteiger partial charge is 0.326 e. The summed E-state index contributed by atoms with van der Waals surface area (Å²) >= 11 is 6.82. The molecule has 1 saturated heterocycles. The van der Waals surface area contributed by atoms with Gasteiger partial charge >= 0.3 is 12.0 Å². The van der Waals surface area contributed by atoms with Crippen LogP contribution in [0.3, 0.4) is 0 Å². The van der Waals surface area contributed by atoms with Crippen molar-refractivity contribution in [1.29, 1.82) is 0 Å². The average molecular weight is 373 g/mol. The van der Waals surface area contributed by atoms with Crippen LogP contribution in [0.1, 0.15) is 38.3 Å². The zero-order valence-corrected chi connectivity index (χ0v) is 14.7. The number of nitrogens with zero attached hydrogens (tertiary/aromatic N) is 3. The molecule has 2 atom stereocenters. The maximum atomic E-state index is 12.7. The molecule has 8 nitrogen and oxygen atoms in total. The maximum absolute atomic E-state index is 12.7. The molecule has 2 unspecified atom stereocenters. The summed E-state index contributed by atoms with van der Waals surface area (Å²) in [5.74, 6) is -0.989. The van der Waals surface area contributed by atoms with Gasteiger partial charge in [0, 0.05) is 11.5 Å². The number of nitrogens with one attached hydrogen (secondary N) is 1. The second-order valence-electron chi connectivity index (χ2n) is 6.09. The number of hydrogen-bond donors (Lipinski definition) is 1. The van der Waals surface area contributed by atoms with Gasteiger partial charge in [0.1, 0.15) is 28.7 Å². The van der Waals surface area contributed by atoms with Gasteiger partial charge in [-0.05, 0) is 18.8 Å². The Morgan fingerprint density at radius 3 is 2.96 bits per heavy atom. The third-order valence-corrected chi connectivity index (χ3v) is 5.65. The maximum Gasteiger partial charge on any atom is 0.326 e. The molecule has 2 heterocycles. The van der Waals surface area contributed by atoms with Crippen LogP contribution >= 0.6 is 23.1 Å². The number of halogens is 1. The van der Waals surface area contributed by atoms with Gasteiger partial charge in [-0.15, -0.1) is 5.10 Å². The fourth-order valence-electron chi connectivity index (χ4n) is 3.25. The minimum atomic E-state index is -0.877. The molecule has 1 saturated carbocycles. The normalized spacial score (nSPS) is 26.8. The van der Waals surface area contributed by atoms with Crippen LogP contribution in [0.15, 0.2) is 0 Å². The van der Waals surface area contributed by atoms with Crippen molar-refractivity contribution in [1.82, 2.24) is 19.8 Å². The molecule has 10 heteroatoms. The first-order valence-electron chi connectivity index (χ1n) is 7.70. The lowest BCUT2D eigenvalue weighted by Gasteiger charge is -2.36. The van der Waals surface area contributed by atoms with E-state index in [4.69, 9.17) is 16.3 Å². The van der Waals surface area contributed by atoms with E-state index < -0.39 is 24.1 Å². The SMILES string of the molecule is CC1CCCCC12NC(=O)N(CC(=O)OCc1nnsc1Cl)C2=O. The summed E-state index contributed by atoms with van der Waals surface area (Å²) in [6.07, 6.45) is 3.39. The number of amides is 3. The fraction of sp³-hybridized carbons (Fsp3) is 0.643. The van der Waals surface area contributed by atoms with Gasteiger partial charge in [-0.3, -0.25) is 14.5 Å². The molecule has 1 N–H and O–H groups in total. The van der Waals surface area contributed by atoms with Gasteiger partial charge < -0.3 is 10.1 Å². The first kappa shape index (κ1) is 17.1. The highest BCUT2D eigenvalue weighted by Gasteiger charge is 2.55. The summed E-state index contributed by atoms with van der Waals surface area (Å²) in [6, 6.07) is -0.543. The molecule has 24 heavy (non-hydrogen) atoms. The Bertz CT molecular complexity index is 681. The molecule has 0 aromatic carbocycles. The van der Waals surface area contributed by atoms with Crippen LogP contribution in [0.25, 0.3) is 0 Å². The molecular weight excluding hydrogens is 356 g/mol. The largest absolute Gasteiger partial charge is 0.458 e. The average Bonchev–Trinajstić information content (AvgIpc) is 3.06. The second-order valence-corrected chi connectivity index (χ2v) is 7.45. The molecule has 3 amide bonds. The molecule has 2 fully saturated rings. The molecule has 0 bridgehead atoms. The highest BCUT2D eigenvalue weighted by atomic mass is 35.5. The van der Waals surface area contributed by atoms with Gasteiger partial charge in [0.25, 0.3) is 5.91 Å². The summed E-state index contributed by atoms with van der Waals surface area (Å²) < 4.78 is 9.01. The number of ether oxygens (including phenoxy) is 1. The number of rotatable bonds is 4. The van der Waals surface area contributed by atoms with Gasteiger partial charge in [0.2, 0.25) is 0 Å². The minimum Gasteiger partial charge on any atom is -0.458 e. The van der Waals surface area contributed by atoms with E-state index >= 15 is 0 Å². The van der Waals surface area contributed by atoms with Crippen molar-refractivity contribution in [2.24, 2.45) is 5.92 Å². The third-order valence-electron chi connectivity index (χ3n) is 4.67. The summed E-state index contributed by atoms with van der Waals surface area (Å²) in [5, 5.41) is 6.52. The number of esters is 1. The Balaban J connectivity index is 1.62. The van der Waals surface area contributed by atoms with E-state index in [1.807, 2.05) is 6.92 Å². The third kappa shape index (κ3) is 2.98. The summed E-state index contributed by atoms with van der Waals surface area (Å²) in [4.78, 5) is 37.8. The Hall–Kier alpha value is -1.74. The molecule has 1 aliphatic carbocycles. The molecule has 2 aliphatic rings. The lowest BCUT2D eigenvalue weighted by atomic mass is 9.73. The molecule has 130 valence electrons. The van der Waals surface area contributed by atoms with Crippen LogP contribution in [0.5, 0.6) is 0 Å². The summed E-state index contributed by atoms with van der Waals surface area (Å²) in [5.41, 5.74) is -0.526. The highest BCUT2D eigenvalue weighted by Crippen LogP contribution is 2.38. The molecule has 0 radical (unpaired) electrons. The Labute approximate surface area is 147 Å². The van der Waals surface area contributed by atoms with Crippen LogP contribution < -0.4 is 5.32 Å².